The van der Waals surface area contributed by atoms with Gasteiger partial charge < -0.3 is 29.0 Å². The Kier molecular flexibility index (Phi) is 10.2. The van der Waals surface area contributed by atoms with E-state index in [0.29, 0.717) is 34.1 Å². The average molecular weight is 509 g/mol. The topological polar surface area (TPSA) is 122 Å². The van der Waals surface area contributed by atoms with Gasteiger partial charge in [-0.1, -0.05) is 6.92 Å². The molecule has 0 amide bonds. The summed E-state index contributed by atoms with van der Waals surface area (Å²) in [6.07, 6.45) is 4.03. The van der Waals surface area contributed by atoms with Gasteiger partial charge in [-0.3, -0.25) is 0 Å². The van der Waals surface area contributed by atoms with E-state index in [1.807, 2.05) is 0 Å². The van der Waals surface area contributed by atoms with Gasteiger partial charge in [-0.25, -0.2) is 18.2 Å². The third kappa shape index (κ3) is 7.78. The fourth-order valence-electron chi connectivity index (χ4n) is 3.53. The minimum absolute atomic E-state index is 0.149. The number of benzene rings is 1. The van der Waals surface area contributed by atoms with Crippen LogP contribution in [-0.4, -0.2) is 60.2 Å². The molecule has 0 aliphatic carbocycles. The Morgan fingerprint density at radius 3 is 2.26 bits per heavy atom. The maximum atomic E-state index is 13.1. The maximum absolute atomic E-state index is 13.1. The average Bonchev–Trinajstić information content (AvgIpc) is 2.82. The summed E-state index contributed by atoms with van der Waals surface area (Å²) < 4.78 is 52.4. The molecule has 2 rings (SSSR count). The molecule has 0 aliphatic rings. The van der Waals surface area contributed by atoms with Gasteiger partial charge in [0.25, 0.3) is 0 Å². The van der Waals surface area contributed by atoms with E-state index in [1.54, 1.807) is 32.0 Å². The molecule has 2 aromatic rings. The Bertz CT molecular complexity index is 1120. The van der Waals surface area contributed by atoms with Crippen molar-refractivity contribution in [3.8, 4) is 23.1 Å². The summed E-state index contributed by atoms with van der Waals surface area (Å²) in [6.45, 7) is 3.76. The van der Waals surface area contributed by atoms with Crippen molar-refractivity contribution in [3.63, 3.8) is 0 Å². The molecular formula is C24H32N2O8S. The van der Waals surface area contributed by atoms with Gasteiger partial charge in [0.1, 0.15) is 22.9 Å². The smallest absolute Gasteiger partial charge is 0.332 e. The van der Waals surface area contributed by atoms with Crippen molar-refractivity contribution in [2.45, 2.75) is 25.5 Å². The first-order chi connectivity index (χ1) is 16.7. The Labute approximate surface area is 206 Å². The molecule has 1 aromatic carbocycles. The lowest BCUT2D eigenvalue weighted by Gasteiger charge is -2.20. The van der Waals surface area contributed by atoms with Crippen molar-refractivity contribution in [3.05, 3.63) is 47.8 Å². The molecule has 1 heterocycles. The molecule has 1 N–H and O–H groups in total. The van der Waals surface area contributed by atoms with Gasteiger partial charge in [0.2, 0.25) is 5.88 Å². The van der Waals surface area contributed by atoms with E-state index in [4.69, 9.17) is 23.7 Å². The Morgan fingerprint density at radius 1 is 1.06 bits per heavy atom. The summed E-state index contributed by atoms with van der Waals surface area (Å²) in [7, 11) is 2.41. The molecule has 0 radical (unpaired) electrons. The number of nitrogens with zero attached hydrogens (tertiary/aromatic N) is 1. The van der Waals surface area contributed by atoms with E-state index in [-0.39, 0.29) is 24.0 Å². The van der Waals surface area contributed by atoms with E-state index >= 15 is 0 Å². The standard InChI is InChI=1S/C24H32N2O8S/c1-7-34-22(27)8-9-25-19-10-17(13-26-24(19)33-6)15-35(28,29)14-16(2)23-20(31-4)11-18(30-3)12-21(23)32-5/h8-13,16,25H,7,14-15H2,1-6H3/b9-8-. The Hall–Kier alpha value is -3.47. The number of carbonyl (C=O) groups excluding carboxylic acids is 1. The van der Waals surface area contributed by atoms with Gasteiger partial charge in [0.05, 0.1) is 46.6 Å². The summed E-state index contributed by atoms with van der Waals surface area (Å²) in [5, 5.41) is 2.88. The zero-order valence-electron chi connectivity index (χ0n) is 20.8. The number of esters is 1. The lowest BCUT2D eigenvalue weighted by atomic mass is 10.0. The molecule has 0 spiro atoms. The number of sulfone groups is 1. The number of carbonyl (C=O) groups is 1. The summed E-state index contributed by atoms with van der Waals surface area (Å²) in [4.78, 5) is 15.7. The van der Waals surface area contributed by atoms with Crippen LogP contribution in [0.25, 0.3) is 0 Å². The molecule has 1 aromatic heterocycles. The summed E-state index contributed by atoms with van der Waals surface area (Å²) in [5.41, 5.74) is 1.50. The highest BCUT2D eigenvalue weighted by molar-refractivity contribution is 7.90. The molecule has 35 heavy (non-hydrogen) atoms. The van der Waals surface area contributed by atoms with Crippen LogP contribution in [0.2, 0.25) is 0 Å². The minimum atomic E-state index is -3.57. The summed E-state index contributed by atoms with van der Waals surface area (Å²) in [5.74, 6) is 0.426. The lowest BCUT2D eigenvalue weighted by molar-refractivity contribution is -0.137. The third-order valence-electron chi connectivity index (χ3n) is 4.98. The molecule has 11 heteroatoms. The molecule has 1 atom stereocenters. The Morgan fingerprint density at radius 2 is 1.71 bits per heavy atom. The minimum Gasteiger partial charge on any atom is -0.496 e. The van der Waals surface area contributed by atoms with E-state index in [0.717, 1.165) is 0 Å². The van der Waals surface area contributed by atoms with E-state index in [1.165, 1.54) is 46.9 Å². The number of aromatic nitrogens is 1. The highest BCUT2D eigenvalue weighted by atomic mass is 32.2. The SMILES string of the molecule is CCOC(=O)/C=C\Nc1cc(CS(=O)(=O)CC(C)c2c(OC)cc(OC)cc2OC)cnc1OC. The van der Waals surface area contributed by atoms with Gasteiger partial charge >= 0.3 is 5.97 Å². The fraction of sp³-hybridized carbons (Fsp3) is 0.417. The largest absolute Gasteiger partial charge is 0.496 e. The first kappa shape index (κ1) is 27.8. The van der Waals surface area contributed by atoms with Crippen molar-refractivity contribution in [2.75, 3.05) is 46.1 Å². The molecule has 192 valence electrons. The van der Waals surface area contributed by atoms with Crippen molar-refractivity contribution in [1.82, 2.24) is 4.98 Å². The van der Waals surface area contributed by atoms with E-state index < -0.39 is 21.7 Å². The van der Waals surface area contributed by atoms with Crippen LogP contribution < -0.4 is 24.3 Å². The second-order valence-electron chi connectivity index (χ2n) is 7.53. The van der Waals surface area contributed by atoms with Crippen molar-refractivity contribution in [2.24, 2.45) is 0 Å². The van der Waals surface area contributed by atoms with Crippen LogP contribution in [0.5, 0.6) is 23.1 Å². The number of nitrogens with one attached hydrogen (secondary N) is 1. The second-order valence-corrected chi connectivity index (χ2v) is 9.64. The summed E-state index contributed by atoms with van der Waals surface area (Å²) >= 11 is 0. The zero-order chi connectivity index (χ0) is 26.0. The predicted molar refractivity (Wildman–Crippen MR) is 132 cm³/mol. The number of anilines is 1. The molecule has 0 fully saturated rings. The van der Waals surface area contributed by atoms with Crippen molar-refractivity contribution >= 4 is 21.5 Å². The van der Waals surface area contributed by atoms with E-state index in [9.17, 15) is 13.2 Å². The number of pyridine rings is 1. The van der Waals surface area contributed by atoms with Crippen LogP contribution >= 0.6 is 0 Å². The van der Waals surface area contributed by atoms with Crippen LogP contribution in [0.4, 0.5) is 5.69 Å². The van der Waals surface area contributed by atoms with Crippen molar-refractivity contribution in [1.29, 1.82) is 0 Å². The number of hydrogen-bond donors (Lipinski definition) is 1. The van der Waals surface area contributed by atoms with Crippen LogP contribution in [0, 0.1) is 0 Å². The number of hydrogen-bond acceptors (Lipinski definition) is 10. The molecule has 0 aliphatic heterocycles. The van der Waals surface area contributed by atoms with Crippen molar-refractivity contribution < 1.29 is 36.9 Å². The molecule has 10 nitrogen and oxygen atoms in total. The third-order valence-corrected chi connectivity index (χ3v) is 6.76. The van der Waals surface area contributed by atoms with Crippen LogP contribution in [0.15, 0.2) is 36.7 Å². The van der Waals surface area contributed by atoms with Gasteiger partial charge in [0, 0.05) is 42.1 Å². The molecule has 1 unspecified atom stereocenters. The second kappa shape index (κ2) is 12.8. The van der Waals surface area contributed by atoms with Gasteiger partial charge in [0.15, 0.2) is 9.84 Å². The predicted octanol–water partition coefficient (Wildman–Crippen LogP) is 3.32. The molecule has 0 saturated carbocycles. The van der Waals surface area contributed by atoms with Gasteiger partial charge in [-0.05, 0) is 18.6 Å². The normalized spacial score (nSPS) is 12.2. The van der Waals surface area contributed by atoms with Gasteiger partial charge in [-0.2, -0.15) is 0 Å². The lowest BCUT2D eigenvalue weighted by Crippen LogP contribution is -2.16. The van der Waals surface area contributed by atoms with Crippen LogP contribution in [0.3, 0.4) is 0 Å². The fourth-order valence-corrected chi connectivity index (χ4v) is 5.24. The quantitative estimate of drug-likeness (QED) is 0.318. The Balaban J connectivity index is 2.24. The summed E-state index contributed by atoms with van der Waals surface area (Å²) in [6, 6.07) is 4.99. The zero-order valence-corrected chi connectivity index (χ0v) is 21.6. The first-order valence-electron chi connectivity index (χ1n) is 10.8. The molecule has 0 saturated heterocycles. The number of rotatable bonds is 13. The number of ether oxygens (including phenoxy) is 5. The van der Waals surface area contributed by atoms with Crippen LogP contribution in [-0.2, 0) is 25.1 Å². The van der Waals surface area contributed by atoms with Gasteiger partial charge in [-0.15, -0.1) is 0 Å². The molecule has 0 bridgehead atoms. The highest BCUT2D eigenvalue weighted by Gasteiger charge is 2.25. The first-order valence-corrected chi connectivity index (χ1v) is 12.6. The van der Waals surface area contributed by atoms with Crippen LogP contribution in [0.1, 0.15) is 30.9 Å². The molecular weight excluding hydrogens is 476 g/mol. The number of methoxy groups -OCH3 is 4. The highest BCUT2D eigenvalue weighted by Crippen LogP contribution is 2.39. The monoisotopic (exact) mass is 508 g/mol. The maximum Gasteiger partial charge on any atom is 0.332 e. The van der Waals surface area contributed by atoms with E-state index in [2.05, 4.69) is 10.3 Å².